The summed E-state index contributed by atoms with van der Waals surface area (Å²) in [6.45, 7) is 0.890. The number of hydrogen-bond donors (Lipinski definition) is 3. The van der Waals surface area contributed by atoms with Crippen molar-refractivity contribution in [3.63, 3.8) is 0 Å². The Bertz CT molecular complexity index is 371. The van der Waals surface area contributed by atoms with Gasteiger partial charge in [-0.3, -0.25) is 9.78 Å². The van der Waals surface area contributed by atoms with Crippen LogP contribution in [0.1, 0.15) is 16.8 Å². The second kappa shape index (κ2) is 6.82. The number of rotatable bonds is 6. The smallest absolute Gasteiger partial charge is 0.255 e. The maximum atomic E-state index is 11.6. The van der Waals surface area contributed by atoms with Crippen LogP contribution in [0.5, 0.6) is 5.75 Å². The first kappa shape index (κ1) is 13.4. The summed E-state index contributed by atoms with van der Waals surface area (Å²) in [4.78, 5) is 15.3. The van der Waals surface area contributed by atoms with Gasteiger partial charge in [0.2, 0.25) is 0 Å². The number of ether oxygens (including phenoxy) is 1. The second-order valence-electron chi connectivity index (χ2n) is 3.65. The molecule has 0 aromatic carbocycles. The van der Waals surface area contributed by atoms with Crippen molar-refractivity contribution in [2.75, 3.05) is 20.3 Å². The molecular weight excluding hydrogens is 222 g/mol. The first-order valence-electron chi connectivity index (χ1n) is 5.31. The standard InChI is InChI=1S/C11H17N3O3/c1-17-7-8(12)2-5-14-11(16)9-3-4-13-6-10(9)15/h3-4,6,8,15H,2,5,7,12H2,1H3,(H,14,16). The molecule has 4 N–H and O–H groups in total. The zero-order valence-electron chi connectivity index (χ0n) is 9.72. The number of nitrogens with one attached hydrogen (secondary N) is 1. The molecule has 0 spiro atoms. The topological polar surface area (TPSA) is 97.5 Å². The predicted molar refractivity (Wildman–Crippen MR) is 62.7 cm³/mol. The van der Waals surface area contributed by atoms with Gasteiger partial charge in [0.15, 0.2) is 0 Å². The van der Waals surface area contributed by atoms with Gasteiger partial charge in [-0.15, -0.1) is 0 Å². The molecule has 1 unspecified atom stereocenters. The van der Waals surface area contributed by atoms with Gasteiger partial charge in [-0.2, -0.15) is 0 Å². The Hall–Kier alpha value is -1.66. The number of amides is 1. The third kappa shape index (κ3) is 4.38. The lowest BCUT2D eigenvalue weighted by molar-refractivity contribution is 0.0947. The minimum atomic E-state index is -0.338. The third-order valence-electron chi connectivity index (χ3n) is 2.23. The number of methoxy groups -OCH3 is 1. The first-order chi connectivity index (χ1) is 8.15. The molecule has 0 aliphatic rings. The number of nitrogens with two attached hydrogens (primary N) is 1. The van der Waals surface area contributed by atoms with Gasteiger partial charge in [-0.05, 0) is 12.5 Å². The van der Waals surface area contributed by atoms with Gasteiger partial charge in [0.25, 0.3) is 5.91 Å². The van der Waals surface area contributed by atoms with Gasteiger partial charge < -0.3 is 20.9 Å². The Balaban J connectivity index is 2.38. The average molecular weight is 239 g/mol. The molecule has 0 aliphatic heterocycles. The van der Waals surface area contributed by atoms with Gasteiger partial charge in [0, 0.05) is 25.9 Å². The molecule has 0 saturated carbocycles. The maximum Gasteiger partial charge on any atom is 0.255 e. The van der Waals surface area contributed by atoms with E-state index in [1.165, 1.54) is 18.5 Å². The fraction of sp³-hybridized carbons (Fsp3) is 0.455. The third-order valence-corrected chi connectivity index (χ3v) is 2.23. The predicted octanol–water partition coefficient (Wildman–Crippen LogP) is -0.119. The van der Waals surface area contributed by atoms with Crippen LogP contribution in [0.25, 0.3) is 0 Å². The molecule has 1 amide bonds. The number of hydrogen-bond acceptors (Lipinski definition) is 5. The average Bonchev–Trinajstić information content (AvgIpc) is 2.29. The summed E-state index contributed by atoms with van der Waals surface area (Å²) in [5.74, 6) is -0.472. The number of nitrogens with zero attached hydrogens (tertiary/aromatic N) is 1. The quantitative estimate of drug-likeness (QED) is 0.643. The number of aromatic hydroxyl groups is 1. The Labute approximate surface area is 99.8 Å². The summed E-state index contributed by atoms with van der Waals surface area (Å²) in [6, 6.07) is 1.35. The summed E-state index contributed by atoms with van der Waals surface area (Å²) < 4.78 is 4.88. The van der Waals surface area contributed by atoms with Crippen molar-refractivity contribution >= 4 is 5.91 Å². The van der Waals surface area contributed by atoms with Gasteiger partial charge in [0.1, 0.15) is 5.75 Å². The molecular formula is C11H17N3O3. The zero-order valence-corrected chi connectivity index (χ0v) is 9.72. The van der Waals surface area contributed by atoms with E-state index in [9.17, 15) is 9.90 Å². The zero-order chi connectivity index (χ0) is 12.7. The van der Waals surface area contributed by atoms with Gasteiger partial charge in [-0.1, -0.05) is 0 Å². The van der Waals surface area contributed by atoms with E-state index in [1.54, 1.807) is 7.11 Å². The van der Waals surface area contributed by atoms with E-state index in [-0.39, 0.29) is 23.3 Å². The fourth-order valence-electron chi connectivity index (χ4n) is 1.34. The summed E-state index contributed by atoms with van der Waals surface area (Å²) in [5, 5.41) is 12.1. The van der Waals surface area contributed by atoms with Crippen LogP contribution in [0.15, 0.2) is 18.5 Å². The van der Waals surface area contributed by atoms with Crippen LogP contribution in [-0.2, 0) is 4.74 Å². The highest BCUT2D eigenvalue weighted by Gasteiger charge is 2.10. The van der Waals surface area contributed by atoms with Crippen molar-refractivity contribution in [3.8, 4) is 5.75 Å². The molecule has 1 atom stereocenters. The number of carbonyl (C=O) groups excluding carboxylic acids is 1. The largest absolute Gasteiger partial charge is 0.505 e. The SMILES string of the molecule is COCC(N)CCNC(=O)c1ccncc1O. The number of carbonyl (C=O) groups is 1. The van der Waals surface area contributed by atoms with Crippen molar-refractivity contribution in [1.29, 1.82) is 0 Å². The summed E-state index contributed by atoms with van der Waals surface area (Å²) in [7, 11) is 1.58. The van der Waals surface area contributed by atoms with E-state index in [1.807, 2.05) is 0 Å². The highest BCUT2D eigenvalue weighted by molar-refractivity contribution is 5.96. The molecule has 0 aliphatic carbocycles. The Morgan fingerprint density at radius 3 is 3.12 bits per heavy atom. The Kier molecular flexibility index (Phi) is 5.38. The van der Waals surface area contributed by atoms with Crippen LogP contribution in [0.4, 0.5) is 0 Å². The van der Waals surface area contributed by atoms with E-state index in [0.29, 0.717) is 19.6 Å². The molecule has 0 radical (unpaired) electrons. The number of pyridine rings is 1. The monoisotopic (exact) mass is 239 g/mol. The van der Waals surface area contributed by atoms with E-state index in [4.69, 9.17) is 10.5 Å². The molecule has 1 aromatic heterocycles. The van der Waals surface area contributed by atoms with Crippen LogP contribution in [-0.4, -0.2) is 42.3 Å². The molecule has 1 rings (SSSR count). The molecule has 0 bridgehead atoms. The van der Waals surface area contributed by atoms with Crippen molar-refractivity contribution in [3.05, 3.63) is 24.0 Å². The van der Waals surface area contributed by atoms with Crippen molar-refractivity contribution < 1.29 is 14.6 Å². The van der Waals surface area contributed by atoms with Crippen molar-refractivity contribution in [2.45, 2.75) is 12.5 Å². The molecule has 6 heteroatoms. The highest BCUT2D eigenvalue weighted by Crippen LogP contribution is 2.13. The van der Waals surface area contributed by atoms with Gasteiger partial charge >= 0.3 is 0 Å². The van der Waals surface area contributed by atoms with Crippen LogP contribution >= 0.6 is 0 Å². The van der Waals surface area contributed by atoms with E-state index in [2.05, 4.69) is 10.3 Å². The summed E-state index contributed by atoms with van der Waals surface area (Å²) in [6.07, 6.45) is 3.29. The van der Waals surface area contributed by atoms with Crippen LogP contribution in [0.3, 0.4) is 0 Å². The summed E-state index contributed by atoms with van der Waals surface area (Å²) >= 11 is 0. The van der Waals surface area contributed by atoms with E-state index in [0.717, 1.165) is 0 Å². The van der Waals surface area contributed by atoms with Gasteiger partial charge in [-0.25, -0.2) is 0 Å². The first-order valence-corrected chi connectivity index (χ1v) is 5.31. The second-order valence-corrected chi connectivity index (χ2v) is 3.65. The normalized spacial score (nSPS) is 12.1. The van der Waals surface area contributed by atoms with Gasteiger partial charge in [0.05, 0.1) is 18.4 Å². The minimum Gasteiger partial charge on any atom is -0.505 e. The molecule has 94 valence electrons. The van der Waals surface area contributed by atoms with Crippen molar-refractivity contribution in [2.24, 2.45) is 5.73 Å². The van der Waals surface area contributed by atoms with E-state index >= 15 is 0 Å². The van der Waals surface area contributed by atoms with Crippen LogP contribution in [0, 0.1) is 0 Å². The minimum absolute atomic E-state index is 0.105. The molecule has 1 aromatic rings. The van der Waals surface area contributed by atoms with Crippen LogP contribution < -0.4 is 11.1 Å². The number of aromatic nitrogens is 1. The van der Waals surface area contributed by atoms with Crippen LogP contribution in [0.2, 0.25) is 0 Å². The molecule has 0 saturated heterocycles. The highest BCUT2D eigenvalue weighted by atomic mass is 16.5. The Morgan fingerprint density at radius 2 is 2.47 bits per heavy atom. The molecule has 17 heavy (non-hydrogen) atoms. The lowest BCUT2D eigenvalue weighted by Crippen LogP contribution is -2.32. The molecule has 6 nitrogen and oxygen atoms in total. The lowest BCUT2D eigenvalue weighted by Gasteiger charge is -2.11. The maximum absolute atomic E-state index is 11.6. The fourth-order valence-corrected chi connectivity index (χ4v) is 1.34. The Morgan fingerprint density at radius 1 is 1.71 bits per heavy atom. The molecule has 1 heterocycles. The lowest BCUT2D eigenvalue weighted by atomic mass is 10.2. The van der Waals surface area contributed by atoms with Crippen molar-refractivity contribution in [1.82, 2.24) is 10.3 Å². The molecule has 0 fully saturated rings. The summed E-state index contributed by atoms with van der Waals surface area (Å²) in [5.41, 5.74) is 5.91. The van der Waals surface area contributed by atoms with E-state index < -0.39 is 0 Å².